The number of hydrogen-bond donors (Lipinski definition) is 1. The number of fused-ring (bicyclic) bond motifs is 1. The van der Waals surface area contributed by atoms with E-state index in [0.29, 0.717) is 38.0 Å². The average molecular weight is 373 g/mol. The number of H-pyrrole nitrogens is 1. The van der Waals surface area contributed by atoms with Crippen LogP contribution < -0.4 is 16.0 Å². The number of aromatic nitrogens is 2. The van der Waals surface area contributed by atoms with Gasteiger partial charge in [-0.2, -0.15) is 4.98 Å². The SMILES string of the molecule is O=c1cc(Cc2cccs2)c2c(=O)[nH]c(ON=C3CCOCC3)nc2o1. The van der Waals surface area contributed by atoms with Gasteiger partial charge in [0.05, 0.1) is 18.9 Å². The van der Waals surface area contributed by atoms with Gasteiger partial charge in [0.25, 0.3) is 5.56 Å². The van der Waals surface area contributed by atoms with Crippen molar-refractivity contribution in [3.8, 4) is 6.01 Å². The topological polar surface area (TPSA) is 107 Å². The molecule has 4 heterocycles. The average Bonchev–Trinajstić information content (AvgIpc) is 3.13. The van der Waals surface area contributed by atoms with E-state index < -0.39 is 11.2 Å². The van der Waals surface area contributed by atoms with Gasteiger partial charge in [-0.15, -0.1) is 11.3 Å². The molecule has 1 N–H and O–H groups in total. The van der Waals surface area contributed by atoms with Crippen molar-refractivity contribution in [2.24, 2.45) is 5.16 Å². The fourth-order valence-corrected chi connectivity index (χ4v) is 3.45. The largest absolute Gasteiger partial charge is 0.403 e. The molecule has 134 valence electrons. The molecular weight excluding hydrogens is 358 g/mol. The Hall–Kier alpha value is -2.78. The van der Waals surface area contributed by atoms with E-state index >= 15 is 0 Å². The summed E-state index contributed by atoms with van der Waals surface area (Å²) in [5.74, 6) is 0. The van der Waals surface area contributed by atoms with Crippen LogP contribution in [0.3, 0.4) is 0 Å². The second-order valence-corrected chi connectivity index (χ2v) is 6.79. The van der Waals surface area contributed by atoms with Crippen LogP contribution in [0.2, 0.25) is 0 Å². The lowest BCUT2D eigenvalue weighted by Gasteiger charge is -2.12. The Balaban J connectivity index is 1.70. The Labute approximate surface area is 151 Å². The van der Waals surface area contributed by atoms with Crippen LogP contribution in [-0.4, -0.2) is 28.9 Å². The first-order valence-electron chi connectivity index (χ1n) is 8.09. The maximum absolute atomic E-state index is 12.5. The van der Waals surface area contributed by atoms with Crippen molar-refractivity contribution in [3.63, 3.8) is 0 Å². The van der Waals surface area contributed by atoms with E-state index in [1.165, 1.54) is 6.07 Å². The number of oxime groups is 1. The summed E-state index contributed by atoms with van der Waals surface area (Å²) in [6, 6.07) is 5.06. The molecule has 0 amide bonds. The van der Waals surface area contributed by atoms with E-state index in [2.05, 4.69) is 15.1 Å². The number of aromatic amines is 1. The molecule has 0 aromatic carbocycles. The van der Waals surface area contributed by atoms with Gasteiger partial charge in [-0.1, -0.05) is 11.2 Å². The summed E-state index contributed by atoms with van der Waals surface area (Å²) in [6.45, 7) is 1.18. The van der Waals surface area contributed by atoms with Crippen molar-refractivity contribution in [3.05, 3.63) is 54.8 Å². The molecule has 0 aliphatic carbocycles. The molecule has 0 atom stereocenters. The highest BCUT2D eigenvalue weighted by Gasteiger charge is 2.15. The highest BCUT2D eigenvalue weighted by Crippen LogP contribution is 2.19. The first-order valence-corrected chi connectivity index (χ1v) is 8.97. The van der Waals surface area contributed by atoms with Gasteiger partial charge in [0.1, 0.15) is 5.39 Å². The summed E-state index contributed by atoms with van der Waals surface area (Å²) >= 11 is 1.55. The Kier molecular flexibility index (Phi) is 4.63. The maximum atomic E-state index is 12.5. The lowest BCUT2D eigenvalue weighted by Crippen LogP contribution is -2.17. The Morgan fingerprint density at radius 1 is 1.31 bits per heavy atom. The van der Waals surface area contributed by atoms with E-state index in [0.717, 1.165) is 10.6 Å². The Morgan fingerprint density at radius 2 is 2.15 bits per heavy atom. The molecule has 1 aliphatic rings. The first kappa shape index (κ1) is 16.7. The van der Waals surface area contributed by atoms with Crippen LogP contribution in [-0.2, 0) is 11.2 Å². The highest BCUT2D eigenvalue weighted by atomic mass is 32.1. The molecule has 3 aromatic heterocycles. The lowest BCUT2D eigenvalue weighted by molar-refractivity contribution is 0.132. The molecule has 3 aromatic rings. The fraction of sp³-hybridized carbons (Fsp3) is 0.294. The fourth-order valence-electron chi connectivity index (χ4n) is 2.72. The molecule has 9 heteroatoms. The van der Waals surface area contributed by atoms with Crippen molar-refractivity contribution >= 4 is 28.1 Å². The monoisotopic (exact) mass is 373 g/mol. The number of thiophene rings is 1. The molecule has 0 spiro atoms. The van der Waals surface area contributed by atoms with E-state index in [1.54, 1.807) is 11.3 Å². The van der Waals surface area contributed by atoms with Crippen LogP contribution in [0.4, 0.5) is 0 Å². The third kappa shape index (κ3) is 3.58. The number of rotatable bonds is 4. The minimum absolute atomic E-state index is 0.0602. The molecule has 1 fully saturated rings. The molecule has 0 bridgehead atoms. The summed E-state index contributed by atoms with van der Waals surface area (Å²) in [5, 5.41) is 6.17. The Bertz CT molecular complexity index is 1060. The van der Waals surface area contributed by atoms with Gasteiger partial charge >= 0.3 is 11.6 Å². The van der Waals surface area contributed by atoms with E-state index in [4.69, 9.17) is 14.0 Å². The zero-order valence-corrected chi connectivity index (χ0v) is 14.5. The van der Waals surface area contributed by atoms with Crippen LogP contribution in [0.5, 0.6) is 6.01 Å². The van der Waals surface area contributed by atoms with Gasteiger partial charge in [-0.25, -0.2) is 4.79 Å². The van der Waals surface area contributed by atoms with Crippen LogP contribution in [0, 0.1) is 0 Å². The van der Waals surface area contributed by atoms with E-state index in [1.807, 2.05) is 17.5 Å². The first-order chi connectivity index (χ1) is 12.7. The van der Waals surface area contributed by atoms with Crippen LogP contribution in [0.1, 0.15) is 23.3 Å². The maximum Gasteiger partial charge on any atom is 0.337 e. The van der Waals surface area contributed by atoms with Gasteiger partial charge in [-0.05, 0) is 17.0 Å². The quantitative estimate of drug-likeness (QED) is 0.702. The molecule has 1 aliphatic heterocycles. The third-order valence-electron chi connectivity index (χ3n) is 3.95. The van der Waals surface area contributed by atoms with Crippen molar-refractivity contribution in [2.45, 2.75) is 19.3 Å². The number of nitrogens with zero attached hydrogens (tertiary/aromatic N) is 2. The summed E-state index contributed by atoms with van der Waals surface area (Å²) in [6.07, 6.45) is 1.78. The van der Waals surface area contributed by atoms with Crippen molar-refractivity contribution < 1.29 is 14.0 Å². The van der Waals surface area contributed by atoms with Gasteiger partial charge in [-0.3, -0.25) is 9.78 Å². The van der Waals surface area contributed by atoms with Crippen LogP contribution >= 0.6 is 11.3 Å². The molecule has 1 saturated heterocycles. The van der Waals surface area contributed by atoms with E-state index in [9.17, 15) is 9.59 Å². The minimum Gasteiger partial charge on any atom is -0.403 e. The predicted octanol–water partition coefficient (Wildman–Crippen LogP) is 2.07. The summed E-state index contributed by atoms with van der Waals surface area (Å²) in [4.78, 5) is 37.3. The molecule has 4 rings (SSSR count). The van der Waals surface area contributed by atoms with E-state index in [-0.39, 0.29) is 17.1 Å². The number of nitrogens with one attached hydrogen (secondary N) is 1. The number of ether oxygens (including phenoxy) is 1. The molecule has 26 heavy (non-hydrogen) atoms. The normalized spacial score (nSPS) is 14.5. The van der Waals surface area contributed by atoms with Gasteiger partial charge in [0.15, 0.2) is 0 Å². The molecule has 0 radical (unpaired) electrons. The second-order valence-electron chi connectivity index (χ2n) is 5.76. The summed E-state index contributed by atoms with van der Waals surface area (Å²) < 4.78 is 10.3. The van der Waals surface area contributed by atoms with Crippen molar-refractivity contribution in [1.29, 1.82) is 0 Å². The summed E-state index contributed by atoms with van der Waals surface area (Å²) in [5.41, 5.74) is 0.327. The summed E-state index contributed by atoms with van der Waals surface area (Å²) in [7, 11) is 0. The molecule has 0 unspecified atom stereocenters. The minimum atomic E-state index is -0.566. The van der Waals surface area contributed by atoms with Crippen molar-refractivity contribution in [1.82, 2.24) is 9.97 Å². The zero-order valence-electron chi connectivity index (χ0n) is 13.7. The number of hydrogen-bond acceptors (Lipinski definition) is 8. The molecular formula is C17H15N3O5S. The predicted molar refractivity (Wildman–Crippen MR) is 96.1 cm³/mol. The van der Waals surface area contributed by atoms with Gasteiger partial charge in [0, 0.05) is 30.2 Å². The Morgan fingerprint density at radius 3 is 2.92 bits per heavy atom. The van der Waals surface area contributed by atoms with Crippen molar-refractivity contribution in [2.75, 3.05) is 13.2 Å². The van der Waals surface area contributed by atoms with Gasteiger partial charge in [0.2, 0.25) is 5.71 Å². The zero-order chi connectivity index (χ0) is 17.9. The molecule has 8 nitrogen and oxygen atoms in total. The van der Waals surface area contributed by atoms with Crippen LogP contribution in [0.25, 0.3) is 11.1 Å². The molecule has 0 saturated carbocycles. The van der Waals surface area contributed by atoms with Gasteiger partial charge < -0.3 is 14.0 Å². The highest BCUT2D eigenvalue weighted by molar-refractivity contribution is 7.09. The second kappa shape index (κ2) is 7.22. The smallest absolute Gasteiger partial charge is 0.337 e. The van der Waals surface area contributed by atoms with Crippen LogP contribution in [0.15, 0.2) is 42.7 Å². The lowest BCUT2D eigenvalue weighted by atomic mass is 10.1. The third-order valence-corrected chi connectivity index (χ3v) is 4.83. The standard InChI is InChI=1S/C17H15N3O5S/c21-13-9-10(8-12-2-1-7-26-12)14-15(22)18-17(19-16(14)24-13)25-20-11-3-5-23-6-4-11/h1-2,7,9H,3-6,8H2,(H,18,19,22).